The van der Waals surface area contributed by atoms with Crippen LogP contribution in [0.3, 0.4) is 0 Å². The predicted molar refractivity (Wildman–Crippen MR) is 80.3 cm³/mol. The maximum atomic E-state index is 11.1. The lowest BCUT2D eigenvalue weighted by Gasteiger charge is -2.06. The summed E-state index contributed by atoms with van der Waals surface area (Å²) < 4.78 is 1.59. The maximum absolute atomic E-state index is 11.1. The maximum Gasteiger partial charge on any atom is 0.323 e. The summed E-state index contributed by atoms with van der Waals surface area (Å²) in [5.74, 6) is -0.395. The van der Waals surface area contributed by atoms with E-state index in [0.717, 1.165) is 11.1 Å². The Kier molecular flexibility index (Phi) is 3.35. The van der Waals surface area contributed by atoms with Crippen LogP contribution < -0.4 is 0 Å². The molecule has 0 radical (unpaired) electrons. The molecule has 0 amide bonds. The van der Waals surface area contributed by atoms with Gasteiger partial charge < -0.3 is 5.11 Å². The van der Waals surface area contributed by atoms with Gasteiger partial charge in [-0.3, -0.25) is 9.36 Å². The van der Waals surface area contributed by atoms with Crippen molar-refractivity contribution in [2.45, 2.75) is 13.5 Å². The summed E-state index contributed by atoms with van der Waals surface area (Å²) in [6, 6.07) is 9.06. The number of carboxylic acid groups (broad SMARTS) is 1. The number of rotatable bonds is 3. The van der Waals surface area contributed by atoms with Crippen LogP contribution in [0, 0.1) is 6.92 Å². The van der Waals surface area contributed by atoms with E-state index in [9.17, 15) is 4.79 Å². The number of fused-ring (bicyclic) bond motifs is 1. The summed E-state index contributed by atoms with van der Waals surface area (Å²) in [4.78, 5) is 19.9. The molecule has 3 aromatic rings. The second kappa shape index (κ2) is 5.18. The van der Waals surface area contributed by atoms with Crippen molar-refractivity contribution in [3.8, 4) is 11.4 Å². The normalized spacial score (nSPS) is 11.0. The number of carbonyl (C=O) groups is 1. The summed E-state index contributed by atoms with van der Waals surface area (Å²) in [6.45, 7) is 1.72. The van der Waals surface area contributed by atoms with Crippen molar-refractivity contribution in [2.24, 2.45) is 0 Å². The van der Waals surface area contributed by atoms with Gasteiger partial charge in [-0.15, -0.1) is 0 Å². The van der Waals surface area contributed by atoms with E-state index in [1.807, 2.05) is 19.1 Å². The van der Waals surface area contributed by atoms with Gasteiger partial charge in [0.15, 0.2) is 5.65 Å². The fraction of sp³-hybridized carbons (Fsp3) is 0.133. The molecule has 0 aliphatic rings. The molecular weight excluding hydrogens is 290 g/mol. The number of nitrogens with zero attached hydrogens (tertiary/aromatic N) is 3. The summed E-state index contributed by atoms with van der Waals surface area (Å²) in [5, 5.41) is 9.70. The zero-order valence-corrected chi connectivity index (χ0v) is 12.0. The minimum Gasteiger partial charge on any atom is -0.480 e. The average molecular weight is 302 g/mol. The SMILES string of the molecule is Cc1cnc2c(c1)nc(-c1cccc(Cl)c1)n2CC(=O)O. The lowest BCUT2D eigenvalue weighted by Crippen LogP contribution is -2.10. The fourth-order valence-electron chi connectivity index (χ4n) is 2.24. The highest BCUT2D eigenvalue weighted by atomic mass is 35.5. The Balaban J connectivity index is 2.27. The number of pyridine rings is 1. The van der Waals surface area contributed by atoms with Crippen molar-refractivity contribution >= 4 is 28.7 Å². The Bertz CT molecular complexity index is 842. The van der Waals surface area contributed by atoms with Gasteiger partial charge in [0, 0.05) is 16.8 Å². The minimum atomic E-state index is -0.944. The van der Waals surface area contributed by atoms with Crippen LogP contribution in [0.15, 0.2) is 36.5 Å². The molecular formula is C15H12ClN3O2. The molecule has 0 atom stereocenters. The lowest BCUT2D eigenvalue weighted by atomic mass is 10.2. The molecule has 0 aliphatic carbocycles. The third-order valence-corrected chi connectivity index (χ3v) is 3.33. The van der Waals surface area contributed by atoms with E-state index < -0.39 is 5.97 Å². The molecule has 6 heteroatoms. The minimum absolute atomic E-state index is 0.200. The Morgan fingerprint density at radius 1 is 1.38 bits per heavy atom. The van der Waals surface area contributed by atoms with Crippen LogP contribution in [0.4, 0.5) is 0 Å². The zero-order valence-electron chi connectivity index (χ0n) is 11.2. The lowest BCUT2D eigenvalue weighted by molar-refractivity contribution is -0.137. The largest absolute Gasteiger partial charge is 0.480 e. The highest BCUT2D eigenvalue weighted by Crippen LogP contribution is 2.26. The third kappa shape index (κ3) is 2.60. The topological polar surface area (TPSA) is 68.0 Å². The molecule has 106 valence electrons. The first kappa shape index (κ1) is 13.6. The summed E-state index contributed by atoms with van der Waals surface area (Å²) in [5.41, 5.74) is 2.96. The van der Waals surface area contributed by atoms with Crippen LogP contribution >= 0.6 is 11.6 Å². The fourth-order valence-corrected chi connectivity index (χ4v) is 2.43. The molecule has 5 nitrogen and oxygen atoms in total. The summed E-state index contributed by atoms with van der Waals surface area (Å²) >= 11 is 6.01. The van der Waals surface area contributed by atoms with Gasteiger partial charge in [-0.05, 0) is 30.7 Å². The van der Waals surface area contributed by atoms with Gasteiger partial charge in [0.2, 0.25) is 0 Å². The number of imidazole rings is 1. The number of aryl methyl sites for hydroxylation is 1. The Morgan fingerprint density at radius 2 is 2.19 bits per heavy atom. The monoisotopic (exact) mass is 301 g/mol. The third-order valence-electron chi connectivity index (χ3n) is 3.10. The number of aromatic nitrogens is 3. The highest BCUT2D eigenvalue weighted by molar-refractivity contribution is 6.30. The van der Waals surface area contributed by atoms with Crippen molar-refractivity contribution in [3.63, 3.8) is 0 Å². The van der Waals surface area contributed by atoms with Gasteiger partial charge in [0.25, 0.3) is 0 Å². The molecule has 0 saturated heterocycles. The van der Waals surface area contributed by atoms with Crippen LogP contribution in [0.25, 0.3) is 22.6 Å². The Hall–Kier alpha value is -2.40. The van der Waals surface area contributed by atoms with E-state index in [-0.39, 0.29) is 6.54 Å². The summed E-state index contributed by atoms with van der Waals surface area (Å²) in [6.07, 6.45) is 1.70. The van der Waals surface area contributed by atoms with Gasteiger partial charge in [-0.25, -0.2) is 9.97 Å². The standard InChI is InChI=1S/C15H12ClN3O2/c1-9-5-12-15(17-7-9)19(8-13(20)21)14(18-12)10-3-2-4-11(16)6-10/h2-7H,8H2,1H3,(H,20,21). The van der Waals surface area contributed by atoms with E-state index in [2.05, 4.69) is 9.97 Å². The zero-order chi connectivity index (χ0) is 15.0. The summed E-state index contributed by atoms with van der Waals surface area (Å²) in [7, 11) is 0. The first-order chi connectivity index (χ1) is 10.0. The molecule has 0 bridgehead atoms. The van der Waals surface area contributed by atoms with E-state index in [0.29, 0.717) is 22.0 Å². The first-order valence-electron chi connectivity index (χ1n) is 6.35. The van der Waals surface area contributed by atoms with Crippen LogP contribution in [0.1, 0.15) is 5.56 Å². The average Bonchev–Trinajstić information content (AvgIpc) is 2.76. The van der Waals surface area contributed by atoms with Gasteiger partial charge in [0.05, 0.1) is 0 Å². The van der Waals surface area contributed by atoms with Crippen LogP contribution in [0.2, 0.25) is 5.02 Å². The van der Waals surface area contributed by atoms with Crippen LogP contribution in [-0.4, -0.2) is 25.6 Å². The molecule has 21 heavy (non-hydrogen) atoms. The van der Waals surface area contributed by atoms with E-state index in [1.54, 1.807) is 29.0 Å². The van der Waals surface area contributed by atoms with E-state index in [4.69, 9.17) is 16.7 Å². The molecule has 0 fully saturated rings. The van der Waals surface area contributed by atoms with Crippen LogP contribution in [0.5, 0.6) is 0 Å². The second-order valence-electron chi connectivity index (χ2n) is 4.78. The van der Waals surface area contributed by atoms with Gasteiger partial charge >= 0.3 is 5.97 Å². The number of aliphatic carboxylic acids is 1. The van der Waals surface area contributed by atoms with Crippen molar-refractivity contribution in [1.82, 2.24) is 14.5 Å². The first-order valence-corrected chi connectivity index (χ1v) is 6.73. The highest BCUT2D eigenvalue weighted by Gasteiger charge is 2.16. The van der Waals surface area contributed by atoms with Crippen LogP contribution in [-0.2, 0) is 11.3 Å². The predicted octanol–water partition coefficient (Wildman–Crippen LogP) is 3.14. The van der Waals surface area contributed by atoms with Crippen molar-refractivity contribution in [1.29, 1.82) is 0 Å². The molecule has 0 spiro atoms. The molecule has 0 saturated carbocycles. The molecule has 0 aliphatic heterocycles. The van der Waals surface area contributed by atoms with E-state index in [1.165, 1.54) is 0 Å². The van der Waals surface area contributed by atoms with Gasteiger partial charge in [-0.2, -0.15) is 0 Å². The van der Waals surface area contributed by atoms with Gasteiger partial charge in [0.1, 0.15) is 17.9 Å². The quantitative estimate of drug-likeness (QED) is 0.807. The molecule has 2 aromatic heterocycles. The second-order valence-corrected chi connectivity index (χ2v) is 5.22. The molecule has 2 heterocycles. The van der Waals surface area contributed by atoms with Crippen molar-refractivity contribution in [2.75, 3.05) is 0 Å². The van der Waals surface area contributed by atoms with Gasteiger partial charge in [-0.1, -0.05) is 23.7 Å². The van der Waals surface area contributed by atoms with Crippen molar-refractivity contribution < 1.29 is 9.90 Å². The molecule has 0 unspecified atom stereocenters. The number of halogens is 1. The number of hydrogen-bond acceptors (Lipinski definition) is 3. The number of benzene rings is 1. The van der Waals surface area contributed by atoms with Crippen molar-refractivity contribution in [3.05, 3.63) is 47.1 Å². The molecule has 1 N–H and O–H groups in total. The smallest absolute Gasteiger partial charge is 0.323 e. The molecule has 3 rings (SSSR count). The number of carboxylic acids is 1. The Morgan fingerprint density at radius 3 is 2.90 bits per heavy atom. The Labute approximate surface area is 125 Å². The molecule has 1 aromatic carbocycles. The van der Waals surface area contributed by atoms with E-state index >= 15 is 0 Å². The number of hydrogen-bond donors (Lipinski definition) is 1.